The molecule has 2 heterocycles. The lowest BCUT2D eigenvalue weighted by Crippen LogP contribution is -2.37. The minimum atomic E-state index is -0.330. The average Bonchev–Trinajstić information content (AvgIpc) is 2.70. The van der Waals surface area contributed by atoms with Gasteiger partial charge in [-0.1, -0.05) is 0 Å². The third kappa shape index (κ3) is 1.81. The van der Waals surface area contributed by atoms with Gasteiger partial charge in [0, 0.05) is 36.8 Å². The van der Waals surface area contributed by atoms with Crippen molar-refractivity contribution in [2.45, 2.75) is 32.9 Å². The molecule has 0 unspecified atom stereocenters. The van der Waals surface area contributed by atoms with Crippen LogP contribution in [0.3, 0.4) is 0 Å². The molecule has 1 amide bonds. The van der Waals surface area contributed by atoms with Gasteiger partial charge in [-0.25, -0.2) is 5.84 Å². The Kier molecular flexibility index (Phi) is 2.93. The molecule has 0 aromatic carbocycles. The summed E-state index contributed by atoms with van der Waals surface area (Å²) >= 11 is 0. The molecule has 0 saturated heterocycles. The molecule has 16 heavy (non-hydrogen) atoms. The highest BCUT2D eigenvalue weighted by Crippen LogP contribution is 2.21. The highest BCUT2D eigenvalue weighted by Gasteiger charge is 2.25. The molecule has 4 N–H and O–H groups in total. The Morgan fingerprint density at radius 2 is 2.38 bits per heavy atom. The summed E-state index contributed by atoms with van der Waals surface area (Å²) in [6, 6.07) is 0.469. The number of hydrazine groups is 1. The van der Waals surface area contributed by atoms with Crippen LogP contribution in [-0.2, 0) is 13.0 Å². The van der Waals surface area contributed by atoms with Crippen LogP contribution in [0.1, 0.15) is 35.6 Å². The first kappa shape index (κ1) is 11.1. The van der Waals surface area contributed by atoms with Crippen LogP contribution in [0.2, 0.25) is 0 Å². The van der Waals surface area contributed by atoms with E-state index in [1.54, 1.807) is 0 Å². The molecule has 0 atom stereocenters. The van der Waals surface area contributed by atoms with Crippen LogP contribution in [0.15, 0.2) is 0 Å². The van der Waals surface area contributed by atoms with Crippen molar-refractivity contribution in [1.82, 2.24) is 20.5 Å². The predicted octanol–water partition coefficient (Wildman–Crippen LogP) is -0.220. The smallest absolute Gasteiger partial charge is 0.285 e. The van der Waals surface area contributed by atoms with E-state index in [1.165, 1.54) is 0 Å². The Balaban J connectivity index is 2.27. The summed E-state index contributed by atoms with van der Waals surface area (Å²) in [5.41, 5.74) is 4.57. The molecule has 0 spiro atoms. The molecule has 0 radical (unpaired) electrons. The second-order valence-electron chi connectivity index (χ2n) is 4.32. The molecule has 2 rings (SSSR count). The van der Waals surface area contributed by atoms with Gasteiger partial charge in [0.1, 0.15) is 0 Å². The van der Waals surface area contributed by atoms with Crippen molar-refractivity contribution in [3.8, 4) is 0 Å². The van der Waals surface area contributed by atoms with Crippen LogP contribution in [-0.4, -0.2) is 33.6 Å². The van der Waals surface area contributed by atoms with E-state index < -0.39 is 0 Å². The van der Waals surface area contributed by atoms with Gasteiger partial charge in [0.15, 0.2) is 5.69 Å². The van der Waals surface area contributed by atoms with Crippen molar-refractivity contribution < 1.29 is 4.79 Å². The predicted molar refractivity (Wildman–Crippen MR) is 59.5 cm³/mol. The summed E-state index contributed by atoms with van der Waals surface area (Å²) in [6.07, 6.45) is 0.901. The van der Waals surface area contributed by atoms with Crippen LogP contribution >= 0.6 is 0 Å². The van der Waals surface area contributed by atoms with Gasteiger partial charge in [0.25, 0.3) is 5.91 Å². The van der Waals surface area contributed by atoms with Crippen molar-refractivity contribution >= 4 is 5.91 Å². The quantitative estimate of drug-likeness (QED) is 0.367. The fourth-order valence-electron chi connectivity index (χ4n) is 2.01. The minimum Gasteiger partial charge on any atom is -0.296 e. The summed E-state index contributed by atoms with van der Waals surface area (Å²) in [4.78, 5) is 13.8. The van der Waals surface area contributed by atoms with Crippen LogP contribution in [0.4, 0.5) is 0 Å². The number of amides is 1. The maximum atomic E-state index is 11.5. The number of nitrogens with two attached hydrogens (primary N) is 1. The summed E-state index contributed by atoms with van der Waals surface area (Å²) in [5, 5.41) is 6.93. The van der Waals surface area contributed by atoms with Gasteiger partial charge >= 0.3 is 0 Å². The number of nitrogens with zero attached hydrogens (tertiary/aromatic N) is 2. The number of nitrogens with one attached hydrogen (secondary N) is 2. The van der Waals surface area contributed by atoms with Crippen molar-refractivity contribution in [3.63, 3.8) is 0 Å². The Labute approximate surface area is 94.2 Å². The molecule has 0 bridgehead atoms. The second kappa shape index (κ2) is 4.23. The fourth-order valence-corrected chi connectivity index (χ4v) is 2.01. The molecule has 1 aliphatic heterocycles. The van der Waals surface area contributed by atoms with Crippen molar-refractivity contribution in [2.24, 2.45) is 5.84 Å². The zero-order valence-corrected chi connectivity index (χ0v) is 9.58. The molecule has 0 fully saturated rings. The number of nitrogen functional groups attached to an aromatic ring is 1. The highest BCUT2D eigenvalue weighted by atomic mass is 16.2. The minimum absolute atomic E-state index is 0.330. The van der Waals surface area contributed by atoms with E-state index in [2.05, 4.69) is 34.4 Å². The summed E-state index contributed by atoms with van der Waals surface area (Å²) < 4.78 is 0. The van der Waals surface area contributed by atoms with Gasteiger partial charge in [-0.15, -0.1) is 0 Å². The van der Waals surface area contributed by atoms with Gasteiger partial charge in [-0.2, -0.15) is 5.10 Å². The Hall–Kier alpha value is -1.40. The molecular weight excluding hydrogens is 206 g/mol. The third-order valence-electron chi connectivity index (χ3n) is 3.04. The van der Waals surface area contributed by atoms with Gasteiger partial charge in [0.2, 0.25) is 0 Å². The maximum absolute atomic E-state index is 11.5. The van der Waals surface area contributed by atoms with Crippen LogP contribution in [0.5, 0.6) is 0 Å². The lowest BCUT2D eigenvalue weighted by atomic mass is 10.0. The zero-order valence-electron chi connectivity index (χ0n) is 9.58. The molecule has 1 aliphatic rings. The van der Waals surface area contributed by atoms with Gasteiger partial charge < -0.3 is 0 Å². The number of fused-ring (bicyclic) bond motifs is 1. The topological polar surface area (TPSA) is 87.0 Å². The zero-order chi connectivity index (χ0) is 11.7. The van der Waals surface area contributed by atoms with Crippen LogP contribution < -0.4 is 11.3 Å². The largest absolute Gasteiger partial charge is 0.296 e. The monoisotopic (exact) mass is 223 g/mol. The van der Waals surface area contributed by atoms with Gasteiger partial charge in [0.05, 0.1) is 0 Å². The molecule has 6 nitrogen and oxygen atoms in total. The molecule has 0 saturated carbocycles. The lowest BCUT2D eigenvalue weighted by molar-refractivity contribution is 0.0945. The third-order valence-corrected chi connectivity index (χ3v) is 3.04. The molecule has 88 valence electrons. The summed E-state index contributed by atoms with van der Waals surface area (Å²) in [6.45, 7) is 6.05. The van der Waals surface area contributed by atoms with Crippen molar-refractivity contribution in [1.29, 1.82) is 0 Å². The average molecular weight is 223 g/mol. The van der Waals surface area contributed by atoms with Crippen LogP contribution in [0, 0.1) is 0 Å². The number of aromatic nitrogens is 2. The number of H-pyrrole nitrogens is 1. The highest BCUT2D eigenvalue weighted by molar-refractivity contribution is 5.93. The number of carbonyl (C=O) groups is 1. The number of rotatable bonds is 2. The van der Waals surface area contributed by atoms with E-state index in [-0.39, 0.29) is 5.91 Å². The first-order valence-corrected chi connectivity index (χ1v) is 5.44. The molecule has 6 heteroatoms. The number of aromatic amines is 1. The summed E-state index contributed by atoms with van der Waals surface area (Å²) in [7, 11) is 0. The van der Waals surface area contributed by atoms with E-state index in [1.807, 2.05) is 0 Å². The van der Waals surface area contributed by atoms with E-state index >= 15 is 0 Å². The van der Waals surface area contributed by atoms with Crippen molar-refractivity contribution in [3.05, 3.63) is 17.0 Å². The van der Waals surface area contributed by atoms with Gasteiger partial charge in [-0.3, -0.25) is 20.2 Å². The van der Waals surface area contributed by atoms with E-state index in [9.17, 15) is 4.79 Å². The molecule has 1 aromatic heterocycles. The first-order valence-electron chi connectivity index (χ1n) is 5.44. The molecule has 1 aromatic rings. The summed E-state index contributed by atoms with van der Waals surface area (Å²) in [5.74, 6) is 4.79. The number of carbonyl (C=O) groups excluding carboxylic acids is 1. The van der Waals surface area contributed by atoms with E-state index in [0.29, 0.717) is 11.7 Å². The van der Waals surface area contributed by atoms with Crippen molar-refractivity contribution in [2.75, 3.05) is 6.54 Å². The first-order chi connectivity index (χ1) is 7.63. The number of hydrogen-bond donors (Lipinski definition) is 3. The standard InChI is InChI=1S/C10H17N5O/c1-6(2)15-4-3-8-7(5-15)9(14-13-8)10(16)12-11/h6H,3-5,11H2,1-2H3,(H,12,16)(H,13,14). The normalized spacial score (nSPS) is 16.2. The number of hydrogen-bond acceptors (Lipinski definition) is 4. The van der Waals surface area contributed by atoms with Crippen LogP contribution in [0.25, 0.3) is 0 Å². The SMILES string of the molecule is CC(C)N1CCc2[nH]nc(C(=O)NN)c2C1. The second-order valence-corrected chi connectivity index (χ2v) is 4.32. The molecule has 0 aliphatic carbocycles. The molecular formula is C10H17N5O. The Morgan fingerprint density at radius 3 is 3.00 bits per heavy atom. The van der Waals surface area contributed by atoms with Gasteiger partial charge in [-0.05, 0) is 13.8 Å². The fraction of sp³-hybridized carbons (Fsp3) is 0.600. The van der Waals surface area contributed by atoms with E-state index in [0.717, 1.165) is 30.8 Å². The Bertz CT molecular complexity index is 398. The maximum Gasteiger partial charge on any atom is 0.285 e. The lowest BCUT2D eigenvalue weighted by Gasteiger charge is -2.30. The van der Waals surface area contributed by atoms with E-state index in [4.69, 9.17) is 5.84 Å². The Morgan fingerprint density at radius 1 is 1.62 bits per heavy atom.